The molecule has 0 aromatic carbocycles. The number of hydrogen-bond acceptors (Lipinski definition) is 2. The molecule has 0 saturated heterocycles. The molecule has 0 aliphatic heterocycles. The summed E-state index contributed by atoms with van der Waals surface area (Å²) in [6.07, 6.45) is 0. The smallest absolute Gasteiger partial charge is 0.333 e. The van der Waals surface area contributed by atoms with Crippen molar-refractivity contribution in [3.8, 4) is 0 Å². The molecule has 0 unspecified atom stereocenters. The van der Waals surface area contributed by atoms with E-state index >= 15 is 0 Å². The predicted molar refractivity (Wildman–Crippen MR) is 28.7 cm³/mol. The highest BCUT2D eigenvalue weighted by Gasteiger charge is 2.00. The van der Waals surface area contributed by atoms with Crippen molar-refractivity contribution in [1.82, 2.24) is 0 Å². The third kappa shape index (κ3) is 2.36. The van der Waals surface area contributed by atoms with Crippen LogP contribution in [0.2, 0.25) is 0 Å². The normalized spacial score (nSPS) is 8.62. The lowest BCUT2D eigenvalue weighted by atomic mass is 10.3. The molecule has 0 aromatic heterocycles. The first kappa shape index (κ1) is 7.17. The van der Waals surface area contributed by atoms with E-state index in [1.54, 1.807) is 0 Å². The van der Waals surface area contributed by atoms with Gasteiger partial charge in [0, 0.05) is 7.11 Å². The highest BCUT2D eigenvalue weighted by molar-refractivity contribution is 5.85. The molecule has 0 aliphatic rings. The summed E-state index contributed by atoms with van der Waals surface area (Å²) in [5, 5.41) is 8.13. The van der Waals surface area contributed by atoms with E-state index in [1.165, 1.54) is 7.11 Å². The Kier molecular flexibility index (Phi) is 2.88. The number of methoxy groups -OCH3 is 1. The van der Waals surface area contributed by atoms with E-state index in [2.05, 4.69) is 11.3 Å². The zero-order valence-electron chi connectivity index (χ0n) is 4.68. The van der Waals surface area contributed by atoms with Crippen molar-refractivity contribution in [3.05, 3.63) is 12.2 Å². The summed E-state index contributed by atoms with van der Waals surface area (Å²) in [4.78, 5) is 9.91. The molecule has 0 radical (unpaired) electrons. The molecule has 3 nitrogen and oxygen atoms in total. The van der Waals surface area contributed by atoms with Gasteiger partial charge in [0.2, 0.25) is 0 Å². The van der Waals surface area contributed by atoms with Crippen LogP contribution in [0.15, 0.2) is 12.2 Å². The second-order valence-electron chi connectivity index (χ2n) is 1.34. The fraction of sp³-hybridized carbons (Fsp3) is 0.400. The lowest BCUT2D eigenvalue weighted by Gasteiger charge is -1.93. The fourth-order valence-electron chi connectivity index (χ4n) is 0.236. The van der Waals surface area contributed by atoms with E-state index in [4.69, 9.17) is 5.11 Å². The van der Waals surface area contributed by atoms with E-state index in [0.29, 0.717) is 0 Å². The second-order valence-corrected chi connectivity index (χ2v) is 1.34. The molecule has 0 saturated carbocycles. The molecule has 1 N–H and O–H groups in total. The van der Waals surface area contributed by atoms with Crippen molar-refractivity contribution in [3.63, 3.8) is 0 Å². The number of rotatable bonds is 3. The Hall–Kier alpha value is -0.830. The maximum atomic E-state index is 9.91. The number of ether oxygens (including phenoxy) is 1. The average Bonchev–Trinajstić information content (AvgIpc) is 1.67. The molecule has 0 atom stereocenters. The van der Waals surface area contributed by atoms with Gasteiger partial charge >= 0.3 is 5.97 Å². The van der Waals surface area contributed by atoms with E-state index in [0.717, 1.165) is 0 Å². The van der Waals surface area contributed by atoms with Gasteiger partial charge in [-0.05, 0) is 0 Å². The molecule has 0 heterocycles. The van der Waals surface area contributed by atoms with Gasteiger partial charge in [0.25, 0.3) is 0 Å². The molecule has 8 heavy (non-hydrogen) atoms. The Morgan fingerprint density at radius 1 is 1.88 bits per heavy atom. The number of carboxylic acid groups (broad SMARTS) is 1. The van der Waals surface area contributed by atoms with Gasteiger partial charge in [-0.3, -0.25) is 0 Å². The zero-order valence-corrected chi connectivity index (χ0v) is 4.68. The quantitative estimate of drug-likeness (QED) is 0.538. The number of carboxylic acids is 1. The minimum atomic E-state index is -1.01. The van der Waals surface area contributed by atoms with Gasteiger partial charge in [-0.1, -0.05) is 6.58 Å². The molecule has 46 valence electrons. The zero-order chi connectivity index (χ0) is 6.57. The molecule has 0 aromatic rings. The van der Waals surface area contributed by atoms with Crippen molar-refractivity contribution >= 4 is 5.97 Å². The maximum Gasteiger partial charge on any atom is 0.333 e. The summed E-state index contributed by atoms with van der Waals surface area (Å²) < 4.78 is 4.48. The Morgan fingerprint density at radius 2 is 2.38 bits per heavy atom. The third-order valence-electron chi connectivity index (χ3n) is 0.621. The fourth-order valence-corrected chi connectivity index (χ4v) is 0.236. The summed E-state index contributed by atoms with van der Waals surface area (Å²) in [5.74, 6) is -1.01. The van der Waals surface area contributed by atoms with Gasteiger partial charge in [0.1, 0.15) is 0 Å². The van der Waals surface area contributed by atoms with Crippen LogP contribution in [0, 0.1) is 0 Å². The first-order valence-electron chi connectivity index (χ1n) is 2.08. The Labute approximate surface area is 47.6 Å². The van der Waals surface area contributed by atoms with E-state index in [-0.39, 0.29) is 12.2 Å². The van der Waals surface area contributed by atoms with Crippen LogP contribution in [0.4, 0.5) is 0 Å². The van der Waals surface area contributed by atoms with Crippen LogP contribution in [0.3, 0.4) is 0 Å². The Morgan fingerprint density at radius 3 is 2.50 bits per heavy atom. The third-order valence-corrected chi connectivity index (χ3v) is 0.621. The number of carbonyl (C=O) groups is 1. The van der Waals surface area contributed by atoms with Crippen LogP contribution in [0.1, 0.15) is 0 Å². The Bertz CT molecular complexity index is 106. The first-order valence-corrected chi connectivity index (χ1v) is 2.08. The van der Waals surface area contributed by atoms with Crippen molar-refractivity contribution in [2.24, 2.45) is 0 Å². The van der Waals surface area contributed by atoms with Gasteiger partial charge < -0.3 is 9.84 Å². The number of aliphatic carboxylic acids is 1. The Balaban J connectivity index is 3.49. The minimum absolute atomic E-state index is 0.0764. The largest absolute Gasteiger partial charge is 0.478 e. The van der Waals surface area contributed by atoms with Crippen LogP contribution >= 0.6 is 0 Å². The summed E-state index contributed by atoms with van der Waals surface area (Å²) >= 11 is 0. The van der Waals surface area contributed by atoms with E-state index in [9.17, 15) is 4.79 Å². The summed E-state index contributed by atoms with van der Waals surface area (Å²) in [6, 6.07) is 0. The topological polar surface area (TPSA) is 46.5 Å². The molecule has 0 fully saturated rings. The van der Waals surface area contributed by atoms with Crippen molar-refractivity contribution in [1.29, 1.82) is 0 Å². The molecule has 0 aliphatic carbocycles. The first-order chi connectivity index (χ1) is 3.68. The van der Waals surface area contributed by atoms with E-state index < -0.39 is 5.97 Å². The van der Waals surface area contributed by atoms with Crippen LogP contribution in [0.25, 0.3) is 0 Å². The molecule has 0 bridgehead atoms. The predicted octanol–water partition coefficient (Wildman–Crippen LogP) is 0.274. The van der Waals surface area contributed by atoms with Gasteiger partial charge in [0.15, 0.2) is 0 Å². The van der Waals surface area contributed by atoms with Crippen molar-refractivity contribution in [2.45, 2.75) is 0 Å². The minimum Gasteiger partial charge on any atom is -0.478 e. The monoisotopic (exact) mass is 116 g/mol. The molecule has 0 amide bonds. The van der Waals surface area contributed by atoms with Crippen molar-refractivity contribution < 1.29 is 14.6 Å². The molecule has 3 heteroatoms. The van der Waals surface area contributed by atoms with Gasteiger partial charge in [-0.2, -0.15) is 0 Å². The molecular weight excluding hydrogens is 108 g/mol. The summed E-state index contributed by atoms with van der Waals surface area (Å²) in [5.41, 5.74) is 0.0764. The van der Waals surface area contributed by atoms with E-state index in [1.807, 2.05) is 0 Å². The van der Waals surface area contributed by atoms with Crippen LogP contribution in [-0.4, -0.2) is 24.8 Å². The summed E-state index contributed by atoms with van der Waals surface area (Å²) in [7, 11) is 1.42. The number of hydrogen-bond donors (Lipinski definition) is 1. The lowest BCUT2D eigenvalue weighted by Crippen LogP contribution is -2.04. The molecule has 0 rings (SSSR count). The highest BCUT2D eigenvalue weighted by Crippen LogP contribution is 1.87. The van der Waals surface area contributed by atoms with Gasteiger partial charge in [0.05, 0.1) is 12.2 Å². The SMILES string of the molecule is C=C(COC)C(=O)O. The molecular formula is C5H8O3. The highest BCUT2D eigenvalue weighted by atomic mass is 16.5. The second kappa shape index (κ2) is 3.21. The van der Waals surface area contributed by atoms with Gasteiger partial charge in [-0.15, -0.1) is 0 Å². The van der Waals surface area contributed by atoms with Crippen LogP contribution in [-0.2, 0) is 9.53 Å². The summed E-state index contributed by atoms with van der Waals surface area (Å²) in [6.45, 7) is 3.31. The molecule has 0 spiro atoms. The van der Waals surface area contributed by atoms with Gasteiger partial charge in [-0.25, -0.2) is 4.79 Å². The average molecular weight is 116 g/mol. The maximum absolute atomic E-state index is 9.91. The van der Waals surface area contributed by atoms with Crippen molar-refractivity contribution in [2.75, 3.05) is 13.7 Å². The lowest BCUT2D eigenvalue weighted by molar-refractivity contribution is -0.133. The van der Waals surface area contributed by atoms with Crippen LogP contribution in [0.5, 0.6) is 0 Å². The van der Waals surface area contributed by atoms with Crippen LogP contribution < -0.4 is 0 Å². The standard InChI is InChI=1S/C5H8O3/c1-4(3-8-2)5(6)7/h1,3H2,2H3,(H,6,7).